The van der Waals surface area contributed by atoms with Gasteiger partial charge in [0.15, 0.2) is 0 Å². The zero-order chi connectivity index (χ0) is 6.69. The normalized spacial score (nSPS) is 18.8. The Kier molecular flexibility index (Phi) is 2.39. The zero-order valence-electron chi connectivity index (χ0n) is 5.13. The molecule has 2 nitrogen and oxygen atoms in total. The van der Waals surface area contributed by atoms with E-state index in [0.717, 1.165) is 12.8 Å². The van der Waals surface area contributed by atoms with Crippen molar-refractivity contribution in [3.05, 3.63) is 0 Å². The van der Waals surface area contributed by atoms with Crippen molar-refractivity contribution < 1.29 is 9.53 Å². The first kappa shape index (κ1) is 6.93. The predicted molar refractivity (Wildman–Crippen MR) is 36.2 cm³/mol. The van der Waals surface area contributed by atoms with Crippen LogP contribution in [0, 0.1) is 0 Å². The van der Waals surface area contributed by atoms with E-state index in [2.05, 4.69) is 12.6 Å². The Balaban J connectivity index is 2.09. The van der Waals surface area contributed by atoms with Crippen molar-refractivity contribution in [1.82, 2.24) is 0 Å². The lowest BCUT2D eigenvalue weighted by molar-refractivity contribution is -0.149. The maximum absolute atomic E-state index is 10.5. The van der Waals surface area contributed by atoms with E-state index in [1.54, 1.807) is 0 Å². The molecular weight excluding hydrogens is 136 g/mol. The minimum absolute atomic E-state index is 0.0937. The first-order valence-electron chi connectivity index (χ1n) is 3.10. The molecule has 1 saturated carbocycles. The molecule has 0 bridgehead atoms. The van der Waals surface area contributed by atoms with Crippen molar-refractivity contribution in [3.8, 4) is 0 Å². The van der Waals surface area contributed by atoms with Crippen LogP contribution in [-0.2, 0) is 9.53 Å². The van der Waals surface area contributed by atoms with Crippen LogP contribution in [0.5, 0.6) is 0 Å². The molecule has 0 aromatic rings. The van der Waals surface area contributed by atoms with Crippen LogP contribution >= 0.6 is 12.6 Å². The van der Waals surface area contributed by atoms with Gasteiger partial charge in [0, 0.05) is 0 Å². The van der Waals surface area contributed by atoms with Crippen LogP contribution in [-0.4, -0.2) is 17.8 Å². The Morgan fingerprint density at radius 3 is 2.67 bits per heavy atom. The minimum atomic E-state index is -0.241. The number of ether oxygens (including phenoxy) is 1. The lowest BCUT2D eigenvalue weighted by Crippen LogP contribution is -2.25. The third kappa shape index (κ3) is 1.90. The van der Waals surface area contributed by atoms with Crippen molar-refractivity contribution in [1.29, 1.82) is 0 Å². The topological polar surface area (TPSA) is 26.3 Å². The zero-order valence-corrected chi connectivity index (χ0v) is 5.95. The number of rotatable bonds is 2. The summed E-state index contributed by atoms with van der Waals surface area (Å²) < 4.78 is 4.89. The van der Waals surface area contributed by atoms with Gasteiger partial charge in [-0.1, -0.05) is 12.6 Å². The molecule has 0 aliphatic heterocycles. The number of carbonyl (C=O) groups is 1. The van der Waals surface area contributed by atoms with Crippen LogP contribution in [0.1, 0.15) is 19.3 Å². The molecule has 9 heavy (non-hydrogen) atoms. The van der Waals surface area contributed by atoms with Gasteiger partial charge >= 0.3 is 5.97 Å². The molecule has 0 spiro atoms. The van der Waals surface area contributed by atoms with E-state index in [9.17, 15) is 4.79 Å². The van der Waals surface area contributed by atoms with Gasteiger partial charge in [-0.2, -0.15) is 0 Å². The first-order valence-corrected chi connectivity index (χ1v) is 3.68. The Labute approximate surface area is 60.0 Å². The molecule has 0 aromatic heterocycles. The standard InChI is InChI=1S/C6H9O2S/c7-6(4-9)8-5-2-1-3-5/h5H,1-4H2. The van der Waals surface area contributed by atoms with E-state index in [-0.39, 0.29) is 17.8 Å². The van der Waals surface area contributed by atoms with Crippen molar-refractivity contribution >= 4 is 18.6 Å². The quantitative estimate of drug-likeness (QED) is 0.547. The highest BCUT2D eigenvalue weighted by Gasteiger charge is 2.20. The van der Waals surface area contributed by atoms with Crippen LogP contribution < -0.4 is 0 Å². The molecule has 1 rings (SSSR count). The second-order valence-corrected chi connectivity index (χ2v) is 2.48. The molecule has 1 aliphatic rings. The maximum atomic E-state index is 10.5. The highest BCUT2D eigenvalue weighted by atomic mass is 32.1. The summed E-state index contributed by atoms with van der Waals surface area (Å²) in [4.78, 5) is 10.5. The molecule has 0 saturated heterocycles. The highest BCUT2D eigenvalue weighted by Crippen LogP contribution is 2.21. The molecule has 0 unspecified atom stereocenters. The van der Waals surface area contributed by atoms with E-state index in [1.165, 1.54) is 6.42 Å². The molecule has 0 atom stereocenters. The summed E-state index contributed by atoms with van der Waals surface area (Å²) >= 11 is 4.49. The Bertz CT molecular complexity index is 110. The SMILES string of the molecule is O=C(C[S])OC1CCC1. The maximum Gasteiger partial charge on any atom is 0.317 e. The second kappa shape index (κ2) is 3.11. The molecule has 1 fully saturated rings. The van der Waals surface area contributed by atoms with Crippen molar-refractivity contribution in [2.24, 2.45) is 0 Å². The van der Waals surface area contributed by atoms with Gasteiger partial charge in [-0.3, -0.25) is 4.79 Å². The molecule has 0 amide bonds. The Morgan fingerprint density at radius 2 is 2.33 bits per heavy atom. The lowest BCUT2D eigenvalue weighted by atomic mass is 9.96. The highest BCUT2D eigenvalue weighted by molar-refractivity contribution is 7.81. The number of carbonyl (C=O) groups excluding carboxylic acids is 1. The van der Waals surface area contributed by atoms with Crippen molar-refractivity contribution in [2.75, 3.05) is 5.75 Å². The van der Waals surface area contributed by atoms with Crippen LogP contribution in [0.25, 0.3) is 0 Å². The fourth-order valence-electron chi connectivity index (χ4n) is 0.709. The first-order chi connectivity index (χ1) is 4.33. The van der Waals surface area contributed by atoms with Gasteiger partial charge in [0.2, 0.25) is 0 Å². The monoisotopic (exact) mass is 145 g/mol. The number of hydrogen-bond acceptors (Lipinski definition) is 2. The van der Waals surface area contributed by atoms with Gasteiger partial charge < -0.3 is 4.74 Å². The third-order valence-electron chi connectivity index (χ3n) is 1.47. The molecule has 0 aromatic carbocycles. The fraction of sp³-hybridized carbons (Fsp3) is 0.833. The van der Waals surface area contributed by atoms with Crippen molar-refractivity contribution in [3.63, 3.8) is 0 Å². The summed E-state index contributed by atoms with van der Waals surface area (Å²) in [7, 11) is 0. The summed E-state index contributed by atoms with van der Waals surface area (Å²) in [5.41, 5.74) is 0. The summed E-state index contributed by atoms with van der Waals surface area (Å²) in [6.45, 7) is 0. The predicted octanol–water partition coefficient (Wildman–Crippen LogP) is 1.28. The minimum Gasteiger partial charge on any atom is -0.462 e. The molecule has 3 heteroatoms. The lowest BCUT2D eigenvalue weighted by Gasteiger charge is -2.24. The van der Waals surface area contributed by atoms with Crippen LogP contribution in [0.3, 0.4) is 0 Å². The van der Waals surface area contributed by atoms with E-state index >= 15 is 0 Å². The second-order valence-electron chi connectivity index (χ2n) is 2.19. The van der Waals surface area contributed by atoms with Gasteiger partial charge in [0.05, 0.1) is 0 Å². The van der Waals surface area contributed by atoms with Crippen LogP contribution in [0.15, 0.2) is 0 Å². The number of esters is 1. The molecule has 0 N–H and O–H groups in total. The largest absolute Gasteiger partial charge is 0.462 e. The smallest absolute Gasteiger partial charge is 0.317 e. The van der Waals surface area contributed by atoms with Crippen molar-refractivity contribution in [2.45, 2.75) is 25.4 Å². The van der Waals surface area contributed by atoms with Gasteiger partial charge in [0.25, 0.3) is 0 Å². The average molecular weight is 145 g/mol. The molecule has 1 radical (unpaired) electrons. The van der Waals surface area contributed by atoms with Gasteiger partial charge in [-0.25, -0.2) is 0 Å². The Hall–Kier alpha value is -0.180. The van der Waals surface area contributed by atoms with Gasteiger partial charge in [-0.05, 0) is 19.3 Å². The van der Waals surface area contributed by atoms with E-state index < -0.39 is 0 Å². The Morgan fingerprint density at radius 1 is 1.67 bits per heavy atom. The fourth-order valence-corrected chi connectivity index (χ4v) is 0.777. The van der Waals surface area contributed by atoms with Gasteiger partial charge in [0.1, 0.15) is 11.9 Å². The number of hydrogen-bond donors (Lipinski definition) is 0. The molecule has 0 heterocycles. The van der Waals surface area contributed by atoms with Gasteiger partial charge in [-0.15, -0.1) is 0 Å². The summed E-state index contributed by atoms with van der Waals surface area (Å²) in [6, 6.07) is 0. The van der Waals surface area contributed by atoms with E-state index in [1.807, 2.05) is 0 Å². The van der Waals surface area contributed by atoms with E-state index in [0.29, 0.717) is 0 Å². The summed E-state index contributed by atoms with van der Waals surface area (Å²) in [6.07, 6.45) is 3.44. The molecule has 51 valence electrons. The summed E-state index contributed by atoms with van der Waals surface area (Å²) in [5, 5.41) is 0. The third-order valence-corrected chi connectivity index (χ3v) is 1.70. The summed E-state index contributed by atoms with van der Waals surface area (Å²) in [5.74, 6) is -0.147. The molecule has 1 aliphatic carbocycles. The molecular formula is C6H9O2S. The van der Waals surface area contributed by atoms with E-state index in [4.69, 9.17) is 4.74 Å². The van der Waals surface area contributed by atoms with Crippen LogP contribution in [0.2, 0.25) is 0 Å². The average Bonchev–Trinajstić information content (AvgIpc) is 1.78. The van der Waals surface area contributed by atoms with Crippen LogP contribution in [0.4, 0.5) is 0 Å².